The van der Waals surface area contributed by atoms with Crippen LogP contribution in [0.15, 0.2) is 12.3 Å². The quantitative estimate of drug-likeness (QED) is 0.838. The Kier molecular flexibility index (Phi) is 3.84. The number of morpholine rings is 1. The molecule has 1 aromatic heterocycles. The second-order valence-electron chi connectivity index (χ2n) is 6.61. The lowest BCUT2D eigenvalue weighted by atomic mass is 9.98. The predicted octanol–water partition coefficient (Wildman–Crippen LogP) is 1.84. The molecule has 0 aromatic carbocycles. The van der Waals surface area contributed by atoms with Crippen molar-refractivity contribution < 1.29 is 14.3 Å². The molecule has 2 rings (SSSR count). The number of aromatic nitrogens is 1. The highest BCUT2D eigenvalue weighted by Gasteiger charge is 2.39. The maximum atomic E-state index is 12.0. The van der Waals surface area contributed by atoms with Gasteiger partial charge in [-0.3, -0.25) is 0 Å². The molecular formula is C15H23N3O3. The Bertz CT molecular complexity index is 539. The van der Waals surface area contributed by atoms with Crippen molar-refractivity contribution in [2.45, 2.75) is 38.9 Å². The summed E-state index contributed by atoms with van der Waals surface area (Å²) in [6.45, 7) is 9.37. The van der Waals surface area contributed by atoms with Gasteiger partial charge in [0.05, 0.1) is 30.2 Å². The summed E-state index contributed by atoms with van der Waals surface area (Å²) in [6.07, 6.45) is 1.55. The molecule has 1 aliphatic rings. The molecule has 0 spiro atoms. The van der Waals surface area contributed by atoms with E-state index in [1.54, 1.807) is 12.3 Å². The molecule has 1 aromatic rings. The van der Waals surface area contributed by atoms with Crippen LogP contribution in [0.4, 0.5) is 11.5 Å². The van der Waals surface area contributed by atoms with E-state index in [4.69, 9.17) is 15.2 Å². The van der Waals surface area contributed by atoms with Crippen LogP contribution in [0.3, 0.4) is 0 Å². The topological polar surface area (TPSA) is 77.7 Å². The molecular weight excluding hydrogens is 270 g/mol. The minimum absolute atomic E-state index is 0.335. The summed E-state index contributed by atoms with van der Waals surface area (Å²) >= 11 is 0. The third-order valence-electron chi connectivity index (χ3n) is 3.29. The fourth-order valence-electron chi connectivity index (χ4n) is 2.92. The number of nitrogen functional groups attached to an aromatic ring is 1. The maximum absolute atomic E-state index is 12.0. The van der Waals surface area contributed by atoms with E-state index in [2.05, 4.69) is 9.88 Å². The Labute approximate surface area is 125 Å². The average molecular weight is 293 g/mol. The van der Waals surface area contributed by atoms with Crippen molar-refractivity contribution in [2.75, 3.05) is 30.8 Å². The zero-order valence-electron chi connectivity index (χ0n) is 13.3. The van der Waals surface area contributed by atoms with E-state index in [9.17, 15) is 4.79 Å². The molecule has 2 N–H and O–H groups in total. The summed E-state index contributed by atoms with van der Waals surface area (Å²) in [5, 5.41) is 0. The summed E-state index contributed by atoms with van der Waals surface area (Å²) in [5.41, 5.74) is 5.89. The van der Waals surface area contributed by atoms with Gasteiger partial charge in [-0.1, -0.05) is 0 Å². The zero-order chi connectivity index (χ0) is 15.8. The first-order valence-corrected chi connectivity index (χ1v) is 6.92. The number of carbonyl (C=O) groups is 1. The van der Waals surface area contributed by atoms with Crippen LogP contribution in [-0.4, -0.2) is 42.4 Å². The number of pyridine rings is 1. The third-order valence-corrected chi connectivity index (χ3v) is 3.29. The van der Waals surface area contributed by atoms with Crippen molar-refractivity contribution >= 4 is 17.5 Å². The van der Waals surface area contributed by atoms with Crippen LogP contribution < -0.4 is 10.6 Å². The summed E-state index contributed by atoms with van der Waals surface area (Å²) < 4.78 is 10.9. The molecule has 0 bridgehead atoms. The predicted molar refractivity (Wildman–Crippen MR) is 81.4 cm³/mol. The number of hydrogen-bond acceptors (Lipinski definition) is 6. The maximum Gasteiger partial charge on any atom is 0.341 e. The number of rotatable bonds is 2. The molecule has 1 saturated heterocycles. The number of esters is 1. The van der Waals surface area contributed by atoms with Gasteiger partial charge in [-0.05, 0) is 33.8 Å². The van der Waals surface area contributed by atoms with Crippen LogP contribution >= 0.6 is 0 Å². The molecule has 0 aliphatic carbocycles. The lowest BCUT2D eigenvalue weighted by Crippen LogP contribution is -2.57. The minimum Gasteiger partial charge on any atom is -0.465 e. The number of hydrogen-bond donors (Lipinski definition) is 1. The highest BCUT2D eigenvalue weighted by atomic mass is 16.5. The molecule has 0 unspecified atom stereocenters. The fourth-order valence-corrected chi connectivity index (χ4v) is 2.92. The first-order valence-electron chi connectivity index (χ1n) is 6.92. The zero-order valence-corrected chi connectivity index (χ0v) is 13.3. The van der Waals surface area contributed by atoms with Gasteiger partial charge in [0.1, 0.15) is 11.4 Å². The van der Waals surface area contributed by atoms with Crippen LogP contribution in [0.5, 0.6) is 0 Å². The van der Waals surface area contributed by atoms with Gasteiger partial charge < -0.3 is 20.1 Å². The van der Waals surface area contributed by atoms with Crippen LogP contribution in [0.25, 0.3) is 0 Å². The van der Waals surface area contributed by atoms with Gasteiger partial charge in [0.25, 0.3) is 0 Å². The summed E-state index contributed by atoms with van der Waals surface area (Å²) in [6, 6.07) is 1.60. The summed E-state index contributed by atoms with van der Waals surface area (Å²) in [5.74, 6) is 0.146. The minimum atomic E-state index is -0.438. The molecule has 0 amide bonds. The molecule has 1 aliphatic heterocycles. The van der Waals surface area contributed by atoms with Gasteiger partial charge in [-0.2, -0.15) is 0 Å². The Balaban J connectivity index is 2.43. The molecule has 6 nitrogen and oxygen atoms in total. The van der Waals surface area contributed by atoms with E-state index in [-0.39, 0.29) is 11.2 Å². The molecule has 2 heterocycles. The van der Waals surface area contributed by atoms with Gasteiger partial charge in [0.15, 0.2) is 0 Å². The highest BCUT2D eigenvalue weighted by Crippen LogP contribution is 2.32. The van der Waals surface area contributed by atoms with Crippen molar-refractivity contribution in [3.63, 3.8) is 0 Å². The van der Waals surface area contributed by atoms with E-state index < -0.39 is 5.97 Å². The second kappa shape index (κ2) is 5.18. The third kappa shape index (κ3) is 3.44. The number of methoxy groups -OCH3 is 1. The van der Waals surface area contributed by atoms with E-state index in [0.717, 1.165) is 0 Å². The summed E-state index contributed by atoms with van der Waals surface area (Å²) in [7, 11) is 1.35. The Morgan fingerprint density at radius 2 is 1.90 bits per heavy atom. The largest absolute Gasteiger partial charge is 0.465 e. The van der Waals surface area contributed by atoms with Crippen molar-refractivity contribution in [3.05, 3.63) is 17.8 Å². The molecule has 0 atom stereocenters. The first kappa shape index (κ1) is 15.6. The van der Waals surface area contributed by atoms with Crippen molar-refractivity contribution in [1.82, 2.24) is 4.98 Å². The van der Waals surface area contributed by atoms with Gasteiger partial charge in [-0.15, -0.1) is 0 Å². The molecule has 116 valence electrons. The van der Waals surface area contributed by atoms with Crippen molar-refractivity contribution in [3.8, 4) is 0 Å². The molecule has 6 heteroatoms. The van der Waals surface area contributed by atoms with Gasteiger partial charge in [0.2, 0.25) is 0 Å². The molecule has 1 fully saturated rings. The number of nitrogens with zero attached hydrogens (tertiary/aromatic N) is 2. The molecule has 0 radical (unpaired) electrons. The molecule has 0 saturated carbocycles. The highest BCUT2D eigenvalue weighted by molar-refractivity contribution is 5.95. The lowest BCUT2D eigenvalue weighted by Gasteiger charge is -2.47. The van der Waals surface area contributed by atoms with Gasteiger partial charge >= 0.3 is 5.97 Å². The SMILES string of the molecule is COC(=O)c1cc(N)cnc1N1CC(C)(C)OC(C)(C)C1. The van der Waals surface area contributed by atoms with E-state index in [0.29, 0.717) is 30.2 Å². The first-order chi connectivity index (χ1) is 9.63. The number of carbonyl (C=O) groups excluding carboxylic acids is 1. The molecule has 21 heavy (non-hydrogen) atoms. The standard InChI is InChI=1S/C15H23N3O3/c1-14(2)8-18(9-15(3,4)21-14)12-11(13(19)20-5)6-10(16)7-17-12/h6-7H,8-9,16H2,1-5H3. The second-order valence-corrected chi connectivity index (χ2v) is 6.61. The Hall–Kier alpha value is -1.82. The normalized spacial score (nSPS) is 20.1. The van der Waals surface area contributed by atoms with Crippen molar-refractivity contribution in [2.24, 2.45) is 0 Å². The monoisotopic (exact) mass is 293 g/mol. The van der Waals surface area contributed by atoms with E-state index in [1.807, 2.05) is 27.7 Å². The Morgan fingerprint density at radius 3 is 2.43 bits per heavy atom. The van der Waals surface area contributed by atoms with E-state index >= 15 is 0 Å². The smallest absolute Gasteiger partial charge is 0.341 e. The summed E-state index contributed by atoms with van der Waals surface area (Å²) in [4.78, 5) is 18.4. The lowest BCUT2D eigenvalue weighted by molar-refractivity contribution is -0.133. The van der Waals surface area contributed by atoms with Gasteiger partial charge in [-0.25, -0.2) is 9.78 Å². The Morgan fingerprint density at radius 1 is 1.33 bits per heavy atom. The fraction of sp³-hybridized carbons (Fsp3) is 0.600. The van der Waals surface area contributed by atoms with Gasteiger partial charge in [0, 0.05) is 13.1 Å². The number of anilines is 2. The van der Waals surface area contributed by atoms with Crippen LogP contribution in [-0.2, 0) is 9.47 Å². The number of ether oxygens (including phenoxy) is 2. The van der Waals surface area contributed by atoms with Crippen LogP contribution in [0.1, 0.15) is 38.1 Å². The van der Waals surface area contributed by atoms with Crippen LogP contribution in [0, 0.1) is 0 Å². The number of nitrogens with two attached hydrogens (primary N) is 1. The average Bonchev–Trinajstić information content (AvgIpc) is 2.33. The van der Waals surface area contributed by atoms with Crippen molar-refractivity contribution in [1.29, 1.82) is 0 Å². The van der Waals surface area contributed by atoms with E-state index in [1.165, 1.54) is 7.11 Å². The van der Waals surface area contributed by atoms with Crippen LogP contribution in [0.2, 0.25) is 0 Å².